The summed E-state index contributed by atoms with van der Waals surface area (Å²) in [5, 5.41) is 1.42. The summed E-state index contributed by atoms with van der Waals surface area (Å²) in [5.41, 5.74) is 1.97. The third kappa shape index (κ3) is 4.74. The molecule has 36 heavy (non-hydrogen) atoms. The third-order valence-corrected chi connectivity index (χ3v) is 6.66. The second-order valence-electron chi connectivity index (χ2n) is 8.08. The molecule has 1 aliphatic heterocycles. The van der Waals surface area contributed by atoms with Crippen LogP contribution in [-0.4, -0.2) is 29.1 Å². The molecule has 0 atom stereocenters. The van der Waals surface area contributed by atoms with Gasteiger partial charge in [-0.25, -0.2) is 4.79 Å². The number of amides is 2. The fourth-order valence-electron chi connectivity index (χ4n) is 3.97. The van der Waals surface area contributed by atoms with Crippen molar-refractivity contribution in [3.8, 4) is 11.5 Å². The van der Waals surface area contributed by atoms with Crippen LogP contribution in [-0.2, 0) is 11.3 Å². The maximum atomic E-state index is 12.9. The van der Waals surface area contributed by atoms with Crippen molar-refractivity contribution in [1.82, 2.24) is 4.90 Å². The second-order valence-corrected chi connectivity index (χ2v) is 9.07. The summed E-state index contributed by atoms with van der Waals surface area (Å²) in [6.07, 6.45) is 1.63. The summed E-state index contributed by atoms with van der Waals surface area (Å²) < 4.78 is 11.1. The molecule has 0 saturated carbocycles. The Morgan fingerprint density at radius 2 is 1.64 bits per heavy atom. The molecule has 0 aliphatic carbocycles. The summed E-state index contributed by atoms with van der Waals surface area (Å²) in [6.45, 7) is 0.217. The van der Waals surface area contributed by atoms with E-state index in [9.17, 15) is 14.4 Å². The minimum Gasteiger partial charge on any atom is -0.493 e. The highest BCUT2D eigenvalue weighted by atomic mass is 32.2. The number of esters is 1. The lowest BCUT2D eigenvalue weighted by molar-refractivity contribution is -0.123. The number of benzene rings is 4. The summed E-state index contributed by atoms with van der Waals surface area (Å²) in [5.74, 6) is -0.259. The molecule has 4 aromatic rings. The SMILES string of the molecule is COc1cc(/C=C2\SC(=O)N(Cc3ccccc3)C2=O)ccc1OC(=O)c1cccc2ccccc12. The van der Waals surface area contributed by atoms with Gasteiger partial charge in [0.25, 0.3) is 11.1 Å². The van der Waals surface area contributed by atoms with Gasteiger partial charge in [0.2, 0.25) is 0 Å². The number of hydrogen-bond donors (Lipinski definition) is 0. The van der Waals surface area contributed by atoms with E-state index in [0.717, 1.165) is 28.1 Å². The number of rotatable bonds is 6. The Bertz CT molecular complexity index is 1510. The molecular weight excluding hydrogens is 474 g/mol. The van der Waals surface area contributed by atoms with E-state index < -0.39 is 5.97 Å². The van der Waals surface area contributed by atoms with Crippen molar-refractivity contribution >= 4 is 45.7 Å². The van der Waals surface area contributed by atoms with Gasteiger partial charge in [-0.1, -0.05) is 72.8 Å². The van der Waals surface area contributed by atoms with Crippen LogP contribution in [0.3, 0.4) is 0 Å². The van der Waals surface area contributed by atoms with Crippen LogP contribution in [0, 0.1) is 0 Å². The summed E-state index contributed by atoms with van der Waals surface area (Å²) in [4.78, 5) is 39.8. The van der Waals surface area contributed by atoms with Crippen LogP contribution in [0.5, 0.6) is 11.5 Å². The van der Waals surface area contributed by atoms with Crippen LogP contribution in [0.4, 0.5) is 4.79 Å². The Labute approximate surface area is 212 Å². The van der Waals surface area contributed by atoms with Crippen LogP contribution >= 0.6 is 11.8 Å². The largest absolute Gasteiger partial charge is 0.493 e. The van der Waals surface area contributed by atoms with Crippen LogP contribution in [0.15, 0.2) is 95.9 Å². The molecular formula is C29H21NO5S. The number of hydrogen-bond acceptors (Lipinski definition) is 6. The van der Waals surface area contributed by atoms with E-state index in [0.29, 0.717) is 21.8 Å². The molecule has 0 bridgehead atoms. The lowest BCUT2D eigenvalue weighted by Gasteiger charge is -2.12. The number of methoxy groups -OCH3 is 1. The highest BCUT2D eigenvalue weighted by Crippen LogP contribution is 2.35. The van der Waals surface area contributed by atoms with Gasteiger partial charge in [0, 0.05) is 0 Å². The number of fused-ring (bicyclic) bond motifs is 1. The van der Waals surface area contributed by atoms with E-state index in [1.165, 1.54) is 12.0 Å². The minimum absolute atomic E-state index is 0.217. The van der Waals surface area contributed by atoms with Gasteiger partial charge in [-0.2, -0.15) is 0 Å². The van der Waals surface area contributed by atoms with Crippen molar-refractivity contribution in [2.75, 3.05) is 7.11 Å². The highest BCUT2D eigenvalue weighted by Gasteiger charge is 2.35. The average Bonchev–Trinajstić information content (AvgIpc) is 3.16. The molecule has 0 radical (unpaired) electrons. The molecule has 0 N–H and O–H groups in total. The molecule has 1 saturated heterocycles. The van der Waals surface area contributed by atoms with Crippen molar-refractivity contribution in [1.29, 1.82) is 0 Å². The Hall–Kier alpha value is -4.36. The first-order chi connectivity index (χ1) is 17.5. The monoisotopic (exact) mass is 495 g/mol. The first-order valence-electron chi connectivity index (χ1n) is 11.2. The smallest absolute Gasteiger partial charge is 0.344 e. The first-order valence-corrected chi connectivity index (χ1v) is 12.0. The molecule has 1 fully saturated rings. The number of ether oxygens (including phenoxy) is 2. The zero-order valence-electron chi connectivity index (χ0n) is 19.3. The van der Waals surface area contributed by atoms with Gasteiger partial charge in [-0.3, -0.25) is 14.5 Å². The lowest BCUT2D eigenvalue weighted by Crippen LogP contribution is -2.27. The van der Waals surface area contributed by atoms with Gasteiger partial charge < -0.3 is 9.47 Å². The van der Waals surface area contributed by atoms with Gasteiger partial charge in [-0.05, 0) is 57.9 Å². The van der Waals surface area contributed by atoms with Gasteiger partial charge >= 0.3 is 5.97 Å². The van der Waals surface area contributed by atoms with Crippen molar-refractivity contribution in [2.24, 2.45) is 0 Å². The summed E-state index contributed by atoms with van der Waals surface area (Å²) >= 11 is 0.895. The Morgan fingerprint density at radius 1 is 0.889 bits per heavy atom. The lowest BCUT2D eigenvalue weighted by atomic mass is 10.0. The summed E-state index contributed by atoms with van der Waals surface area (Å²) in [7, 11) is 1.47. The van der Waals surface area contributed by atoms with Crippen LogP contribution in [0.2, 0.25) is 0 Å². The van der Waals surface area contributed by atoms with Crippen LogP contribution in [0.25, 0.3) is 16.8 Å². The number of nitrogens with zero attached hydrogens (tertiary/aromatic N) is 1. The van der Waals surface area contributed by atoms with E-state index >= 15 is 0 Å². The molecule has 2 amide bonds. The average molecular weight is 496 g/mol. The molecule has 7 heteroatoms. The van der Waals surface area contributed by atoms with Crippen LogP contribution < -0.4 is 9.47 Å². The number of carbonyl (C=O) groups excluding carboxylic acids is 3. The quantitative estimate of drug-likeness (QED) is 0.177. The normalized spacial score (nSPS) is 14.5. The van der Waals surface area contributed by atoms with Gasteiger partial charge in [-0.15, -0.1) is 0 Å². The Balaban J connectivity index is 1.36. The summed E-state index contributed by atoms with van der Waals surface area (Å²) in [6, 6.07) is 27.4. The number of thioether (sulfide) groups is 1. The van der Waals surface area contributed by atoms with E-state index in [1.807, 2.05) is 66.7 Å². The van der Waals surface area contributed by atoms with Crippen molar-refractivity contribution in [3.63, 3.8) is 0 Å². The van der Waals surface area contributed by atoms with Crippen molar-refractivity contribution in [3.05, 3.63) is 113 Å². The molecule has 1 heterocycles. The topological polar surface area (TPSA) is 72.9 Å². The van der Waals surface area contributed by atoms with Crippen molar-refractivity contribution in [2.45, 2.75) is 6.54 Å². The van der Waals surface area contributed by atoms with Crippen molar-refractivity contribution < 1.29 is 23.9 Å². The highest BCUT2D eigenvalue weighted by molar-refractivity contribution is 8.18. The van der Waals surface area contributed by atoms with E-state index in [1.54, 1.807) is 30.3 Å². The zero-order valence-corrected chi connectivity index (χ0v) is 20.2. The predicted octanol–water partition coefficient (Wildman–Crippen LogP) is 6.30. The standard InChI is InChI=1S/C29H21NO5S/c1-34-25-16-20(17-26-27(31)30(29(33)36-26)18-19-8-3-2-4-9-19)14-15-24(25)35-28(32)23-13-7-11-21-10-5-6-12-22(21)23/h2-17H,18H2,1H3/b26-17-. The Morgan fingerprint density at radius 3 is 2.44 bits per heavy atom. The maximum absolute atomic E-state index is 12.9. The fraction of sp³-hybridized carbons (Fsp3) is 0.0690. The van der Waals surface area contributed by atoms with Gasteiger partial charge in [0.15, 0.2) is 11.5 Å². The molecule has 5 rings (SSSR count). The fourth-order valence-corrected chi connectivity index (χ4v) is 4.81. The molecule has 4 aromatic carbocycles. The molecule has 1 aliphatic rings. The number of imide groups is 1. The number of carbonyl (C=O) groups is 3. The van der Waals surface area contributed by atoms with Gasteiger partial charge in [0.05, 0.1) is 24.1 Å². The zero-order chi connectivity index (χ0) is 25.1. The Kier molecular flexibility index (Phi) is 6.56. The van der Waals surface area contributed by atoms with E-state index in [-0.39, 0.29) is 23.4 Å². The molecule has 178 valence electrons. The second kappa shape index (κ2) is 10.1. The maximum Gasteiger partial charge on any atom is 0.344 e. The molecule has 0 aromatic heterocycles. The first kappa shape index (κ1) is 23.4. The van der Waals surface area contributed by atoms with E-state index in [2.05, 4.69) is 0 Å². The predicted molar refractivity (Wildman–Crippen MR) is 140 cm³/mol. The van der Waals surface area contributed by atoms with E-state index in [4.69, 9.17) is 9.47 Å². The molecule has 6 nitrogen and oxygen atoms in total. The molecule has 0 spiro atoms. The van der Waals surface area contributed by atoms with Gasteiger partial charge in [0.1, 0.15) is 0 Å². The van der Waals surface area contributed by atoms with Crippen LogP contribution in [0.1, 0.15) is 21.5 Å². The third-order valence-electron chi connectivity index (χ3n) is 5.75. The minimum atomic E-state index is -0.500. The molecule has 0 unspecified atom stereocenters.